The van der Waals surface area contributed by atoms with Crippen molar-refractivity contribution in [3.63, 3.8) is 0 Å². The lowest BCUT2D eigenvalue weighted by Gasteiger charge is -2.29. The summed E-state index contributed by atoms with van der Waals surface area (Å²) >= 11 is 1.65. The van der Waals surface area contributed by atoms with Crippen molar-refractivity contribution in [1.82, 2.24) is 0 Å². The normalized spacial score (nSPS) is 12.9. The Bertz CT molecular complexity index is 2310. The predicted octanol–water partition coefficient (Wildman–Crippen LogP) is 10.7. The van der Waals surface area contributed by atoms with Gasteiger partial charge in [-0.15, -0.1) is 11.3 Å². The van der Waals surface area contributed by atoms with Gasteiger partial charge in [-0.2, -0.15) is 0 Å². The molecule has 5 heteroatoms. The van der Waals surface area contributed by atoms with Gasteiger partial charge in [0.15, 0.2) is 17.1 Å². The number of allylic oxidation sites excluding steroid dienone is 1. The maximum Gasteiger partial charge on any atom is 0.197 e. The molecular formula is C39H27NO3S. The molecule has 0 bridgehead atoms. The van der Waals surface area contributed by atoms with Crippen LogP contribution in [0.5, 0.6) is 0 Å². The SMILES string of the molecule is Cc1cc(C)c(N(c2ccc3ccccc3c2)c2ccc3c(c2)sc2cc(C=C4C(=O)c5ccccc5C4=O)oc23)c(C)c1. The quantitative estimate of drug-likeness (QED) is 0.151. The van der Waals surface area contributed by atoms with Crippen molar-refractivity contribution < 1.29 is 14.0 Å². The first kappa shape index (κ1) is 26.4. The second-order valence-electron chi connectivity index (χ2n) is 11.5. The van der Waals surface area contributed by atoms with Crippen molar-refractivity contribution in [2.45, 2.75) is 20.8 Å². The number of aryl methyl sites for hydroxylation is 3. The molecule has 44 heavy (non-hydrogen) atoms. The number of benzene rings is 5. The molecule has 1 aliphatic carbocycles. The molecule has 0 atom stereocenters. The Hall–Kier alpha value is -5.26. The fourth-order valence-corrected chi connectivity index (χ4v) is 7.67. The zero-order valence-corrected chi connectivity index (χ0v) is 25.3. The Morgan fingerprint density at radius 3 is 2.02 bits per heavy atom. The van der Waals surface area contributed by atoms with Crippen LogP contribution in [0.1, 0.15) is 43.2 Å². The summed E-state index contributed by atoms with van der Waals surface area (Å²) in [6.07, 6.45) is 1.59. The number of rotatable bonds is 4. The molecule has 0 fully saturated rings. The predicted molar refractivity (Wildman–Crippen MR) is 181 cm³/mol. The minimum Gasteiger partial charge on any atom is -0.455 e. The van der Waals surface area contributed by atoms with E-state index in [1.165, 1.54) is 33.2 Å². The van der Waals surface area contributed by atoms with E-state index in [0.29, 0.717) is 16.9 Å². The summed E-state index contributed by atoms with van der Waals surface area (Å²) in [7, 11) is 0. The Morgan fingerprint density at radius 2 is 1.30 bits per heavy atom. The fourth-order valence-electron chi connectivity index (χ4n) is 6.56. The van der Waals surface area contributed by atoms with E-state index >= 15 is 0 Å². The molecule has 1 aliphatic rings. The molecule has 0 spiro atoms. The molecule has 2 aromatic heterocycles. The van der Waals surface area contributed by atoms with E-state index in [1.54, 1.807) is 41.7 Å². The first-order valence-electron chi connectivity index (χ1n) is 14.6. The molecule has 4 nitrogen and oxygen atoms in total. The lowest BCUT2D eigenvalue weighted by Crippen LogP contribution is -2.13. The number of anilines is 3. The van der Waals surface area contributed by atoms with Crippen LogP contribution in [0.25, 0.3) is 37.2 Å². The molecule has 7 aromatic rings. The molecular weight excluding hydrogens is 563 g/mol. The van der Waals surface area contributed by atoms with Gasteiger partial charge < -0.3 is 9.32 Å². The maximum absolute atomic E-state index is 12.9. The van der Waals surface area contributed by atoms with E-state index < -0.39 is 0 Å². The van der Waals surface area contributed by atoms with Crippen molar-refractivity contribution in [3.05, 3.63) is 142 Å². The second-order valence-corrected chi connectivity index (χ2v) is 12.6. The maximum atomic E-state index is 12.9. The second kappa shape index (κ2) is 9.90. The summed E-state index contributed by atoms with van der Waals surface area (Å²) in [5.41, 5.74) is 8.81. The topological polar surface area (TPSA) is 50.5 Å². The van der Waals surface area contributed by atoms with Crippen molar-refractivity contribution in [2.24, 2.45) is 0 Å². The molecule has 0 aliphatic heterocycles. The van der Waals surface area contributed by atoms with E-state index in [9.17, 15) is 9.59 Å². The van der Waals surface area contributed by atoms with Gasteiger partial charge in [-0.05, 0) is 79.1 Å². The van der Waals surface area contributed by atoms with Crippen molar-refractivity contribution >= 4 is 77.2 Å². The van der Waals surface area contributed by atoms with Gasteiger partial charge in [0.25, 0.3) is 0 Å². The highest BCUT2D eigenvalue weighted by atomic mass is 32.1. The summed E-state index contributed by atoms with van der Waals surface area (Å²) in [4.78, 5) is 28.2. The van der Waals surface area contributed by atoms with Crippen LogP contribution in [0.15, 0.2) is 113 Å². The zero-order valence-electron chi connectivity index (χ0n) is 24.5. The van der Waals surface area contributed by atoms with Gasteiger partial charge in [0.2, 0.25) is 0 Å². The van der Waals surface area contributed by atoms with E-state index in [1.807, 2.05) is 6.07 Å². The molecule has 5 aromatic carbocycles. The number of hydrogen-bond donors (Lipinski definition) is 0. The number of Topliss-reactive ketones (excluding diaryl/α,β-unsaturated/α-hetero) is 2. The number of carbonyl (C=O) groups is 2. The van der Waals surface area contributed by atoms with Gasteiger partial charge >= 0.3 is 0 Å². The number of nitrogens with zero attached hydrogens (tertiary/aromatic N) is 1. The minimum absolute atomic E-state index is 0.147. The molecule has 0 unspecified atom stereocenters. The highest BCUT2D eigenvalue weighted by molar-refractivity contribution is 7.25. The third-order valence-corrected chi connectivity index (χ3v) is 9.53. The molecule has 0 amide bonds. The van der Waals surface area contributed by atoms with Crippen molar-refractivity contribution in [1.29, 1.82) is 0 Å². The van der Waals surface area contributed by atoms with Crippen LogP contribution in [-0.2, 0) is 0 Å². The fraction of sp³-hybridized carbons (Fsp3) is 0.0769. The highest BCUT2D eigenvalue weighted by Gasteiger charge is 2.33. The van der Waals surface area contributed by atoms with Gasteiger partial charge in [0.1, 0.15) is 5.76 Å². The molecule has 8 rings (SSSR count). The lowest BCUT2D eigenvalue weighted by molar-refractivity contribution is 0.0990. The van der Waals surface area contributed by atoms with Crippen LogP contribution in [0.4, 0.5) is 17.1 Å². The van der Waals surface area contributed by atoms with Crippen LogP contribution in [0, 0.1) is 20.8 Å². The van der Waals surface area contributed by atoms with Crippen LogP contribution < -0.4 is 4.90 Å². The number of furan rings is 1. The molecule has 0 saturated heterocycles. The van der Waals surface area contributed by atoms with E-state index in [0.717, 1.165) is 31.7 Å². The zero-order chi connectivity index (χ0) is 30.1. The minimum atomic E-state index is -0.254. The molecule has 0 N–H and O–H groups in total. The highest BCUT2D eigenvalue weighted by Crippen LogP contribution is 2.44. The number of fused-ring (bicyclic) bond motifs is 5. The third-order valence-electron chi connectivity index (χ3n) is 8.45. The van der Waals surface area contributed by atoms with Crippen molar-refractivity contribution in [2.75, 3.05) is 4.90 Å². The third kappa shape index (κ3) is 4.12. The Morgan fingerprint density at radius 1 is 0.659 bits per heavy atom. The molecule has 2 heterocycles. The standard InChI is InChI=1S/C39H27NO3S/c1-22-16-23(2)36(24(3)17-22)40(27-13-12-25-8-4-5-9-26(25)18-27)28-14-15-32-34(19-28)44-35-21-29(43-39(32)35)20-33-37(41)30-10-6-7-11-31(30)38(33)42/h4-21H,1-3H3. The van der Waals surface area contributed by atoms with Crippen LogP contribution in [-0.4, -0.2) is 11.6 Å². The Balaban J connectivity index is 1.24. The van der Waals surface area contributed by atoms with Gasteiger partial charge in [0.05, 0.1) is 16.0 Å². The Kier molecular flexibility index (Phi) is 5.93. The van der Waals surface area contributed by atoms with Gasteiger partial charge in [0, 0.05) is 38.7 Å². The summed E-state index contributed by atoms with van der Waals surface area (Å²) in [6, 6.07) is 34.9. The first-order valence-corrected chi connectivity index (χ1v) is 15.4. The summed E-state index contributed by atoms with van der Waals surface area (Å²) < 4.78 is 8.34. The average molecular weight is 590 g/mol. The van der Waals surface area contributed by atoms with Crippen LogP contribution in [0.3, 0.4) is 0 Å². The van der Waals surface area contributed by atoms with E-state index in [4.69, 9.17) is 4.42 Å². The smallest absolute Gasteiger partial charge is 0.197 e. The van der Waals surface area contributed by atoms with Gasteiger partial charge in [-0.25, -0.2) is 0 Å². The lowest BCUT2D eigenvalue weighted by atomic mass is 10.0. The number of ketones is 2. The summed E-state index contributed by atoms with van der Waals surface area (Å²) in [6.45, 7) is 6.49. The summed E-state index contributed by atoms with van der Waals surface area (Å²) in [5, 5.41) is 3.40. The number of hydrogen-bond acceptors (Lipinski definition) is 5. The molecule has 212 valence electrons. The largest absolute Gasteiger partial charge is 0.455 e. The number of thiophene rings is 1. The van der Waals surface area contributed by atoms with Crippen LogP contribution in [0.2, 0.25) is 0 Å². The molecule has 0 radical (unpaired) electrons. The van der Waals surface area contributed by atoms with Crippen LogP contribution >= 0.6 is 11.3 Å². The van der Waals surface area contributed by atoms with Gasteiger partial charge in [-0.3, -0.25) is 9.59 Å². The van der Waals surface area contributed by atoms with E-state index in [-0.39, 0.29) is 17.1 Å². The molecule has 0 saturated carbocycles. The first-order chi connectivity index (χ1) is 21.4. The Labute approximate surface area is 258 Å². The summed E-state index contributed by atoms with van der Waals surface area (Å²) in [5.74, 6) is -0.00362. The number of carbonyl (C=O) groups excluding carboxylic acids is 2. The van der Waals surface area contributed by atoms with Gasteiger partial charge in [-0.1, -0.05) is 72.3 Å². The van der Waals surface area contributed by atoms with Crippen molar-refractivity contribution in [3.8, 4) is 0 Å². The monoisotopic (exact) mass is 589 g/mol. The van der Waals surface area contributed by atoms with E-state index in [2.05, 4.69) is 98.5 Å². The average Bonchev–Trinajstić information content (AvgIpc) is 3.64.